The van der Waals surface area contributed by atoms with Crippen LogP contribution >= 0.6 is 0 Å². The van der Waals surface area contributed by atoms with Crippen molar-refractivity contribution < 1.29 is 38.1 Å². The maximum absolute atomic E-state index is 12.1. The number of benzene rings is 2. The molecule has 1 aliphatic heterocycles. The molecule has 0 saturated carbocycles. The maximum atomic E-state index is 12.1. The molecule has 5 N–H and O–H groups in total. The number of carbonyl (C=O) groups is 4. The van der Waals surface area contributed by atoms with Crippen LogP contribution < -0.4 is 25.4 Å². The van der Waals surface area contributed by atoms with Gasteiger partial charge in [-0.05, 0) is 62.1 Å². The fourth-order valence-corrected chi connectivity index (χ4v) is 5.24. The molecule has 0 aliphatic carbocycles. The fourth-order valence-electron chi connectivity index (χ4n) is 5.24. The Labute approximate surface area is 334 Å². The molecule has 57 heavy (non-hydrogen) atoms. The number of hydrogen-bond donors (Lipinski definition) is 5. The number of methoxy groups -OCH3 is 2. The number of unbranched alkanes of at least 4 members (excludes halogenated alkanes) is 2. The van der Waals surface area contributed by atoms with Crippen molar-refractivity contribution >= 4 is 24.0 Å². The van der Waals surface area contributed by atoms with E-state index in [4.69, 9.17) is 9.47 Å². The quantitative estimate of drug-likeness (QED) is 0.0640. The van der Waals surface area contributed by atoms with Gasteiger partial charge in [0.15, 0.2) is 23.0 Å². The second-order valence-electron chi connectivity index (χ2n) is 13.2. The Morgan fingerprint density at radius 3 is 1.63 bits per heavy atom. The van der Waals surface area contributed by atoms with Gasteiger partial charge in [0.05, 0.1) is 44.5 Å². The minimum Gasteiger partial charge on any atom is -0.453 e. The Balaban J connectivity index is 0.00000136. The molecule has 2 aromatic heterocycles. The topological polar surface area (TPSA) is 202 Å². The number of fused-ring (bicyclic) bond motifs is 2. The van der Waals surface area contributed by atoms with E-state index < -0.39 is 12.2 Å². The van der Waals surface area contributed by atoms with Gasteiger partial charge in [-0.1, -0.05) is 40.5 Å². The first-order chi connectivity index (χ1) is 27.5. The van der Waals surface area contributed by atoms with Crippen LogP contribution in [0.4, 0.5) is 9.59 Å². The number of ether oxygens (including phenoxy) is 4. The first-order valence-electron chi connectivity index (χ1n) is 19.4. The monoisotopic (exact) mass is 790 g/mol. The molecule has 0 atom stereocenters. The summed E-state index contributed by atoms with van der Waals surface area (Å²) in [5.41, 5.74) is 3.51. The molecule has 4 amide bonds. The molecule has 16 nitrogen and oxygen atoms in total. The molecular formula is C41H58N8O8. The molecule has 0 spiro atoms. The lowest BCUT2D eigenvalue weighted by Crippen LogP contribution is -2.38. The van der Waals surface area contributed by atoms with Crippen LogP contribution in [0, 0.1) is 0 Å². The van der Waals surface area contributed by atoms with Crippen molar-refractivity contribution in [2.24, 2.45) is 0 Å². The Bertz CT molecular complexity index is 1870. The zero-order valence-corrected chi connectivity index (χ0v) is 34.2. The van der Waals surface area contributed by atoms with Crippen LogP contribution in [-0.2, 0) is 31.9 Å². The van der Waals surface area contributed by atoms with E-state index in [1.54, 1.807) is 24.3 Å². The number of aromatic nitrogens is 4. The molecular weight excluding hydrogens is 732 g/mol. The number of H-pyrrole nitrogens is 2. The SMILES string of the molecule is CCC.CCC.COC(=O)NCC(=O)NCCCCc1ncc(-c2ccc3c(c2)Oc2ccc(-c4cnc(CCCCN(C)C(=O)CNC(=O)OC)[nH]4)cc2O3)[nH]1. The summed E-state index contributed by atoms with van der Waals surface area (Å²) in [5.74, 6) is 3.61. The number of imidazole rings is 2. The van der Waals surface area contributed by atoms with Crippen LogP contribution in [0.2, 0.25) is 0 Å². The number of amides is 4. The third kappa shape index (κ3) is 15.2. The van der Waals surface area contributed by atoms with Gasteiger partial charge in [0.2, 0.25) is 11.8 Å². The van der Waals surface area contributed by atoms with E-state index in [-0.39, 0.29) is 24.9 Å². The third-order valence-corrected chi connectivity index (χ3v) is 8.10. The fraction of sp³-hybridized carbons (Fsp3) is 0.463. The summed E-state index contributed by atoms with van der Waals surface area (Å²) in [6.07, 6.45) is 9.42. The number of hydrogen-bond acceptors (Lipinski definition) is 10. The molecule has 310 valence electrons. The van der Waals surface area contributed by atoms with Crippen LogP contribution in [-0.4, -0.2) is 96.3 Å². The van der Waals surface area contributed by atoms with Gasteiger partial charge >= 0.3 is 12.2 Å². The standard InChI is InChI=1S/C35H42N8O8.2C3H8/c1-43(33(45)21-40-35(47)49-3)15-7-5-9-31-38-19-25(42-31)23-11-13-27-29(17-23)51-26-12-10-22(16-28(26)50-27)24-18-37-30(41-24)8-4-6-14-36-32(44)20-39-34(46)48-2;2*1-3-2/h10-13,16-19H,4-9,14-15,20-21H2,1-3H3,(H,36,44)(H,37,41)(H,38,42)(H,39,46)(H,40,47);2*3H2,1-2H3. The van der Waals surface area contributed by atoms with Gasteiger partial charge in [-0.3, -0.25) is 9.59 Å². The Hall–Kier alpha value is -6.06. The second-order valence-corrected chi connectivity index (χ2v) is 13.2. The summed E-state index contributed by atoms with van der Waals surface area (Å²) in [7, 11) is 4.20. The lowest BCUT2D eigenvalue weighted by molar-refractivity contribution is -0.129. The first kappa shape index (κ1) is 45.3. The van der Waals surface area contributed by atoms with Crippen LogP contribution in [0.25, 0.3) is 22.5 Å². The molecule has 16 heteroatoms. The van der Waals surface area contributed by atoms with E-state index in [9.17, 15) is 19.2 Å². The highest BCUT2D eigenvalue weighted by atomic mass is 16.6. The molecule has 2 aromatic carbocycles. The van der Waals surface area contributed by atoms with Gasteiger partial charge in [-0.15, -0.1) is 0 Å². The number of nitrogens with zero attached hydrogens (tertiary/aromatic N) is 3. The Morgan fingerprint density at radius 2 is 1.14 bits per heavy atom. The Kier molecular flexibility index (Phi) is 19.4. The molecule has 1 aliphatic rings. The van der Waals surface area contributed by atoms with E-state index in [2.05, 4.69) is 73.1 Å². The number of rotatable bonds is 16. The minimum atomic E-state index is -0.646. The molecule has 5 rings (SSSR count). The van der Waals surface area contributed by atoms with Gasteiger partial charge in [0.1, 0.15) is 18.2 Å². The van der Waals surface area contributed by atoms with E-state index in [1.807, 2.05) is 36.4 Å². The van der Waals surface area contributed by atoms with Crippen molar-refractivity contribution in [1.29, 1.82) is 0 Å². The minimum absolute atomic E-state index is 0.103. The highest BCUT2D eigenvalue weighted by Gasteiger charge is 2.21. The lowest BCUT2D eigenvalue weighted by atomic mass is 10.1. The smallest absolute Gasteiger partial charge is 0.407 e. The predicted octanol–water partition coefficient (Wildman–Crippen LogP) is 7.13. The maximum Gasteiger partial charge on any atom is 0.407 e. The Morgan fingerprint density at radius 1 is 0.667 bits per heavy atom. The van der Waals surface area contributed by atoms with E-state index in [1.165, 1.54) is 27.1 Å². The summed E-state index contributed by atoms with van der Waals surface area (Å²) < 4.78 is 21.4. The molecule has 0 fully saturated rings. The van der Waals surface area contributed by atoms with Crippen molar-refractivity contribution in [2.75, 3.05) is 47.4 Å². The van der Waals surface area contributed by atoms with Gasteiger partial charge in [0, 0.05) is 44.1 Å². The number of aryl methyl sites for hydroxylation is 2. The summed E-state index contributed by atoms with van der Waals surface area (Å²) >= 11 is 0. The van der Waals surface area contributed by atoms with E-state index >= 15 is 0 Å². The number of carbonyl (C=O) groups excluding carboxylic acids is 4. The predicted molar refractivity (Wildman–Crippen MR) is 217 cm³/mol. The van der Waals surface area contributed by atoms with Gasteiger partial charge in [0.25, 0.3) is 0 Å². The summed E-state index contributed by atoms with van der Waals surface area (Å²) in [4.78, 5) is 63.4. The molecule has 0 unspecified atom stereocenters. The average molecular weight is 791 g/mol. The summed E-state index contributed by atoms with van der Waals surface area (Å²) in [5, 5.41) is 7.49. The number of aromatic amines is 2. The molecule has 4 aromatic rings. The van der Waals surface area contributed by atoms with Crippen LogP contribution in [0.1, 0.15) is 77.9 Å². The summed E-state index contributed by atoms with van der Waals surface area (Å²) in [6.45, 7) is 9.33. The van der Waals surface area contributed by atoms with Crippen molar-refractivity contribution in [3.63, 3.8) is 0 Å². The number of likely N-dealkylation sites (N-methyl/N-ethyl adjacent to an activating group) is 1. The van der Waals surface area contributed by atoms with Gasteiger partial charge < -0.3 is 49.8 Å². The zero-order chi connectivity index (χ0) is 41.6. The largest absolute Gasteiger partial charge is 0.453 e. The molecule has 0 saturated heterocycles. The molecule has 0 bridgehead atoms. The number of nitrogens with one attached hydrogen (secondary N) is 5. The summed E-state index contributed by atoms with van der Waals surface area (Å²) in [6, 6.07) is 11.5. The average Bonchev–Trinajstić information content (AvgIpc) is 3.90. The second kappa shape index (κ2) is 24.5. The van der Waals surface area contributed by atoms with Crippen molar-refractivity contribution in [2.45, 2.75) is 79.1 Å². The van der Waals surface area contributed by atoms with Crippen molar-refractivity contribution in [3.05, 3.63) is 60.4 Å². The normalized spacial score (nSPS) is 10.7. The van der Waals surface area contributed by atoms with E-state index in [0.29, 0.717) is 42.5 Å². The number of alkyl carbamates (subject to hydrolysis) is 2. The van der Waals surface area contributed by atoms with Crippen LogP contribution in [0.15, 0.2) is 48.8 Å². The first-order valence-corrected chi connectivity index (χ1v) is 19.4. The lowest BCUT2D eigenvalue weighted by Gasteiger charge is -2.21. The molecule has 0 radical (unpaired) electrons. The third-order valence-electron chi connectivity index (χ3n) is 8.10. The van der Waals surface area contributed by atoms with Crippen LogP contribution in [0.5, 0.6) is 23.0 Å². The van der Waals surface area contributed by atoms with Gasteiger partial charge in [-0.25, -0.2) is 19.6 Å². The van der Waals surface area contributed by atoms with E-state index in [0.717, 1.165) is 66.3 Å². The highest BCUT2D eigenvalue weighted by molar-refractivity contribution is 5.82. The molecule has 3 heterocycles. The van der Waals surface area contributed by atoms with Crippen LogP contribution in [0.3, 0.4) is 0 Å². The van der Waals surface area contributed by atoms with Gasteiger partial charge in [-0.2, -0.15) is 0 Å². The van der Waals surface area contributed by atoms with Crippen molar-refractivity contribution in [1.82, 2.24) is 40.8 Å². The highest BCUT2D eigenvalue weighted by Crippen LogP contribution is 2.47. The zero-order valence-electron chi connectivity index (χ0n) is 34.2. The van der Waals surface area contributed by atoms with Crippen molar-refractivity contribution in [3.8, 4) is 45.5 Å².